The third-order valence-electron chi connectivity index (χ3n) is 2.62. The lowest BCUT2D eigenvalue weighted by molar-refractivity contribution is -0.135. The number of hydrogen-bond donors (Lipinski definition) is 2. The number of aromatic hydroxyl groups is 1. The van der Waals surface area contributed by atoms with Crippen molar-refractivity contribution in [3.63, 3.8) is 0 Å². The van der Waals surface area contributed by atoms with Gasteiger partial charge in [-0.25, -0.2) is 0 Å². The molecule has 2 N–H and O–H groups in total. The van der Waals surface area contributed by atoms with Gasteiger partial charge in [0.15, 0.2) is 0 Å². The van der Waals surface area contributed by atoms with Crippen LogP contribution >= 0.6 is 0 Å². The van der Waals surface area contributed by atoms with Gasteiger partial charge >= 0.3 is 6.18 Å². The van der Waals surface area contributed by atoms with Gasteiger partial charge in [0.1, 0.15) is 11.5 Å². The predicted octanol–water partition coefficient (Wildman–Crippen LogP) is 2.86. The molecule has 0 heterocycles. The molecule has 1 aromatic rings. The molecule has 1 aromatic carbocycles. The summed E-state index contributed by atoms with van der Waals surface area (Å²) < 4.78 is 40.6. The van der Waals surface area contributed by atoms with Crippen LogP contribution in [-0.4, -0.2) is 30.8 Å². The molecule has 0 unspecified atom stereocenters. The van der Waals surface area contributed by atoms with E-state index in [4.69, 9.17) is 4.74 Å². The molecule has 0 atom stereocenters. The maximum Gasteiger partial charge on any atom is 0.389 e. The van der Waals surface area contributed by atoms with Crippen LogP contribution in [0.5, 0.6) is 11.5 Å². The van der Waals surface area contributed by atoms with E-state index in [1.54, 1.807) is 0 Å². The number of unbranched alkanes of at least 4 members (excludes halogenated alkanes) is 1. The fraction of sp³-hybridized carbons (Fsp3) is 0.462. The van der Waals surface area contributed by atoms with Crippen molar-refractivity contribution in [2.24, 2.45) is 0 Å². The van der Waals surface area contributed by atoms with Crippen molar-refractivity contribution in [2.45, 2.75) is 25.4 Å². The average Bonchev–Trinajstić information content (AvgIpc) is 2.37. The number of carbonyl (C=O) groups is 1. The van der Waals surface area contributed by atoms with Gasteiger partial charge in [0, 0.05) is 13.0 Å². The summed E-state index contributed by atoms with van der Waals surface area (Å²) in [6.45, 7) is 0.117. The molecule has 0 saturated heterocycles. The second kappa shape index (κ2) is 7.02. The summed E-state index contributed by atoms with van der Waals surface area (Å²) in [5, 5.41) is 12.0. The molecule has 0 bridgehead atoms. The van der Waals surface area contributed by atoms with Gasteiger partial charge < -0.3 is 15.2 Å². The zero-order valence-corrected chi connectivity index (χ0v) is 11.0. The number of ether oxygens (including phenoxy) is 1. The van der Waals surface area contributed by atoms with E-state index in [-0.39, 0.29) is 30.7 Å². The molecule has 4 nitrogen and oxygen atoms in total. The molecule has 0 aromatic heterocycles. The number of hydrogen-bond acceptors (Lipinski definition) is 3. The zero-order valence-electron chi connectivity index (χ0n) is 11.0. The summed E-state index contributed by atoms with van der Waals surface area (Å²) in [6.07, 6.45) is -4.87. The Morgan fingerprint density at radius 2 is 2.05 bits per heavy atom. The second-order valence-corrected chi connectivity index (χ2v) is 4.21. The van der Waals surface area contributed by atoms with Crippen molar-refractivity contribution in [1.29, 1.82) is 0 Å². The molecule has 1 rings (SSSR count). The molecule has 0 fully saturated rings. The molecule has 0 aliphatic heterocycles. The Labute approximate surface area is 114 Å². The van der Waals surface area contributed by atoms with E-state index in [0.717, 1.165) is 0 Å². The lowest BCUT2D eigenvalue weighted by Crippen LogP contribution is -2.24. The van der Waals surface area contributed by atoms with Crippen LogP contribution in [0.25, 0.3) is 0 Å². The first-order chi connectivity index (χ1) is 9.33. The van der Waals surface area contributed by atoms with Crippen molar-refractivity contribution in [2.75, 3.05) is 13.7 Å². The molecule has 112 valence electrons. The minimum absolute atomic E-state index is 0.0279. The number of alkyl halides is 3. The highest BCUT2D eigenvalue weighted by molar-refractivity contribution is 5.97. The predicted molar refractivity (Wildman–Crippen MR) is 66.9 cm³/mol. The molecule has 0 aliphatic rings. The van der Waals surface area contributed by atoms with Gasteiger partial charge in [0.05, 0.1) is 12.7 Å². The summed E-state index contributed by atoms with van der Waals surface area (Å²) in [6, 6.07) is 4.17. The van der Waals surface area contributed by atoms with E-state index in [1.807, 2.05) is 0 Å². The van der Waals surface area contributed by atoms with Crippen molar-refractivity contribution in [3.8, 4) is 11.5 Å². The van der Waals surface area contributed by atoms with E-state index in [2.05, 4.69) is 5.32 Å². The Morgan fingerprint density at radius 3 is 2.65 bits per heavy atom. The van der Waals surface area contributed by atoms with Crippen LogP contribution < -0.4 is 10.1 Å². The van der Waals surface area contributed by atoms with E-state index < -0.39 is 18.5 Å². The fourth-order valence-corrected chi connectivity index (χ4v) is 1.57. The molecular weight excluding hydrogens is 275 g/mol. The van der Waals surface area contributed by atoms with Crippen LogP contribution in [0.15, 0.2) is 18.2 Å². The Bertz CT molecular complexity index is 461. The SMILES string of the molecule is COc1ccc(O)c(C(=O)NCCCCC(F)(F)F)c1. The van der Waals surface area contributed by atoms with Gasteiger partial charge in [-0.1, -0.05) is 0 Å². The minimum Gasteiger partial charge on any atom is -0.507 e. The van der Waals surface area contributed by atoms with E-state index in [0.29, 0.717) is 5.75 Å². The van der Waals surface area contributed by atoms with Crippen LogP contribution in [0.4, 0.5) is 13.2 Å². The van der Waals surface area contributed by atoms with Gasteiger partial charge in [-0.3, -0.25) is 4.79 Å². The molecule has 0 aliphatic carbocycles. The summed E-state index contributed by atoms with van der Waals surface area (Å²) in [4.78, 5) is 11.7. The lowest BCUT2D eigenvalue weighted by atomic mass is 10.1. The standard InChI is InChI=1S/C13H16F3NO3/c1-20-9-4-5-11(18)10(8-9)12(19)17-7-3-2-6-13(14,15)16/h4-5,8,18H,2-3,6-7H2,1H3,(H,17,19). The number of benzene rings is 1. The number of carbonyl (C=O) groups excluding carboxylic acids is 1. The number of phenolic OH excluding ortho intramolecular Hbond substituents is 1. The number of rotatable bonds is 6. The summed E-state index contributed by atoms with van der Waals surface area (Å²) in [5.41, 5.74) is 0.0279. The molecule has 0 radical (unpaired) electrons. The maximum atomic E-state index is 11.9. The van der Waals surface area contributed by atoms with E-state index in [1.165, 1.54) is 25.3 Å². The Kier molecular flexibility index (Phi) is 5.66. The van der Waals surface area contributed by atoms with Crippen molar-refractivity contribution < 1.29 is 27.8 Å². The Balaban J connectivity index is 2.43. The first kappa shape index (κ1) is 16.1. The van der Waals surface area contributed by atoms with Gasteiger partial charge in [0.25, 0.3) is 5.91 Å². The Hall–Kier alpha value is -1.92. The van der Waals surface area contributed by atoms with Gasteiger partial charge in [-0.05, 0) is 31.0 Å². The largest absolute Gasteiger partial charge is 0.507 e. The topological polar surface area (TPSA) is 58.6 Å². The highest BCUT2D eigenvalue weighted by atomic mass is 19.4. The molecule has 7 heteroatoms. The second-order valence-electron chi connectivity index (χ2n) is 4.21. The maximum absolute atomic E-state index is 11.9. The summed E-state index contributed by atoms with van der Waals surface area (Å²) in [7, 11) is 1.42. The highest BCUT2D eigenvalue weighted by Gasteiger charge is 2.25. The van der Waals surface area contributed by atoms with Crippen molar-refractivity contribution in [1.82, 2.24) is 5.32 Å². The van der Waals surface area contributed by atoms with Gasteiger partial charge in [0.2, 0.25) is 0 Å². The van der Waals surface area contributed by atoms with Crippen LogP contribution in [0.1, 0.15) is 29.6 Å². The van der Waals surface area contributed by atoms with Crippen molar-refractivity contribution in [3.05, 3.63) is 23.8 Å². The number of phenols is 1. The van der Waals surface area contributed by atoms with E-state index in [9.17, 15) is 23.1 Å². The quantitative estimate of drug-likeness (QED) is 0.792. The average molecular weight is 291 g/mol. The number of halogens is 3. The van der Waals surface area contributed by atoms with Crippen LogP contribution in [-0.2, 0) is 0 Å². The molecule has 20 heavy (non-hydrogen) atoms. The minimum atomic E-state index is -4.17. The first-order valence-electron chi connectivity index (χ1n) is 6.05. The zero-order chi connectivity index (χ0) is 15.2. The normalized spacial score (nSPS) is 11.2. The lowest BCUT2D eigenvalue weighted by Gasteiger charge is -2.09. The Morgan fingerprint density at radius 1 is 1.35 bits per heavy atom. The summed E-state index contributed by atoms with van der Waals surface area (Å²) in [5.74, 6) is -0.350. The molecular formula is C13H16F3NO3. The van der Waals surface area contributed by atoms with E-state index >= 15 is 0 Å². The summed E-state index contributed by atoms with van der Waals surface area (Å²) >= 11 is 0. The third-order valence-corrected chi connectivity index (χ3v) is 2.62. The third kappa shape index (κ3) is 5.38. The fourth-order valence-electron chi connectivity index (χ4n) is 1.57. The smallest absolute Gasteiger partial charge is 0.389 e. The van der Waals surface area contributed by atoms with Gasteiger partial charge in [-0.2, -0.15) is 13.2 Å². The molecule has 0 spiro atoms. The van der Waals surface area contributed by atoms with Crippen LogP contribution in [0.2, 0.25) is 0 Å². The van der Waals surface area contributed by atoms with Crippen LogP contribution in [0, 0.1) is 0 Å². The number of methoxy groups -OCH3 is 1. The molecule has 0 saturated carbocycles. The van der Waals surface area contributed by atoms with Crippen molar-refractivity contribution >= 4 is 5.91 Å². The molecule has 1 amide bonds. The highest BCUT2D eigenvalue weighted by Crippen LogP contribution is 2.23. The number of nitrogens with one attached hydrogen (secondary N) is 1. The number of amides is 1. The first-order valence-corrected chi connectivity index (χ1v) is 6.05. The van der Waals surface area contributed by atoms with Gasteiger partial charge in [-0.15, -0.1) is 0 Å². The monoisotopic (exact) mass is 291 g/mol. The van der Waals surface area contributed by atoms with Crippen LogP contribution in [0.3, 0.4) is 0 Å².